The third kappa shape index (κ3) is 4.24. The van der Waals surface area contributed by atoms with E-state index >= 15 is 0 Å². The second kappa shape index (κ2) is 9.17. The maximum absolute atomic E-state index is 13.5. The molecule has 1 fully saturated rings. The number of hydrogen-bond acceptors (Lipinski definition) is 5. The van der Waals surface area contributed by atoms with E-state index in [0.717, 1.165) is 22.2 Å². The van der Waals surface area contributed by atoms with Crippen LogP contribution in [0.25, 0.3) is 16.8 Å². The van der Waals surface area contributed by atoms with Gasteiger partial charge < -0.3 is 14.8 Å². The summed E-state index contributed by atoms with van der Waals surface area (Å²) in [4.78, 5) is 36.2. The Morgan fingerprint density at radius 2 is 1.71 bits per heavy atom. The van der Waals surface area contributed by atoms with Crippen molar-refractivity contribution in [3.8, 4) is 5.75 Å². The number of aromatic nitrogens is 2. The molecule has 3 aromatic carbocycles. The number of carbonyl (C=O) groups is 2. The largest absolute Gasteiger partial charge is 0.507 e. The lowest BCUT2D eigenvalue weighted by atomic mass is 9.85. The van der Waals surface area contributed by atoms with Gasteiger partial charge in [-0.25, -0.2) is 4.98 Å². The summed E-state index contributed by atoms with van der Waals surface area (Å²) in [6, 6.07) is 17.8. The molecule has 2 N–H and O–H groups in total. The molecule has 7 heteroatoms. The van der Waals surface area contributed by atoms with E-state index in [9.17, 15) is 14.7 Å². The summed E-state index contributed by atoms with van der Waals surface area (Å²) in [5.74, 6) is -0.847. The number of imidazole rings is 1. The molecular weight excluding hydrogens is 478 g/mol. The number of H-pyrrole nitrogens is 1. The molecule has 0 aliphatic carbocycles. The van der Waals surface area contributed by atoms with Crippen LogP contribution in [0.5, 0.6) is 5.75 Å². The predicted octanol–water partition coefficient (Wildman–Crippen LogP) is 6.11. The Balaban J connectivity index is 1.71. The number of rotatable bonds is 4. The number of Topliss-reactive ketones (excluding diaryl/α,β-unsaturated/α-hetero) is 1. The zero-order valence-corrected chi connectivity index (χ0v) is 22.4. The number of aromatic amines is 1. The minimum atomic E-state index is -0.868. The lowest BCUT2D eigenvalue weighted by Crippen LogP contribution is -2.30. The zero-order chi connectivity index (χ0) is 27.4. The van der Waals surface area contributed by atoms with Gasteiger partial charge in [0.1, 0.15) is 11.5 Å². The lowest BCUT2D eigenvalue weighted by Gasteiger charge is -2.25. The molecule has 194 valence electrons. The number of ether oxygens (including phenoxy) is 1. The summed E-state index contributed by atoms with van der Waals surface area (Å²) in [6.45, 7) is 10.2. The molecule has 0 saturated carbocycles. The molecule has 1 aromatic heterocycles. The van der Waals surface area contributed by atoms with Crippen LogP contribution in [0.4, 0.5) is 5.95 Å². The van der Waals surface area contributed by atoms with Gasteiger partial charge >= 0.3 is 5.91 Å². The number of benzene rings is 3. The highest BCUT2D eigenvalue weighted by Crippen LogP contribution is 2.42. The number of anilines is 1. The van der Waals surface area contributed by atoms with E-state index in [0.29, 0.717) is 22.4 Å². The first-order valence-electron chi connectivity index (χ1n) is 12.5. The van der Waals surface area contributed by atoms with Gasteiger partial charge in [0, 0.05) is 5.56 Å². The Bertz CT molecular complexity index is 1610. The molecule has 1 aliphatic rings. The van der Waals surface area contributed by atoms with Crippen molar-refractivity contribution in [2.45, 2.75) is 46.1 Å². The average molecular weight is 510 g/mol. The number of aliphatic hydroxyl groups excluding tert-OH is 1. The molecule has 7 nitrogen and oxygen atoms in total. The fourth-order valence-corrected chi connectivity index (χ4v) is 4.94. The highest BCUT2D eigenvalue weighted by molar-refractivity contribution is 6.51. The topological polar surface area (TPSA) is 95.5 Å². The van der Waals surface area contributed by atoms with Crippen LogP contribution < -0.4 is 9.64 Å². The number of fused-ring (bicyclic) bond motifs is 1. The van der Waals surface area contributed by atoms with Gasteiger partial charge in [0.15, 0.2) is 0 Å². The van der Waals surface area contributed by atoms with Gasteiger partial charge in [-0.2, -0.15) is 0 Å². The second-order valence-electron chi connectivity index (χ2n) is 10.8. The quantitative estimate of drug-likeness (QED) is 0.197. The molecular formula is C31H31N3O4. The molecule has 1 saturated heterocycles. The molecule has 1 atom stereocenters. The standard InChI is InChI=1S/C31H31N3O4/c1-17-7-13-22-23(15-17)33-30(32-22)34-26(19-8-11-21(12-9-19)31(3,4)5)25(28(36)29(34)37)27(35)20-10-14-24(38-6)18(2)16-20/h7-16,26,35H,1-6H3,(H,32,33)/b27-25+. The van der Waals surface area contributed by atoms with Gasteiger partial charge in [0.2, 0.25) is 5.95 Å². The normalized spacial score (nSPS) is 17.4. The SMILES string of the molecule is COc1ccc(/C(O)=C2\C(=O)C(=O)N(c3nc4ccc(C)cc4[nH]3)C2c2ccc(C(C)(C)C)cc2)cc1C. The fraction of sp³-hybridized carbons (Fsp3) is 0.258. The Kier molecular flexibility index (Phi) is 6.10. The van der Waals surface area contributed by atoms with Crippen molar-refractivity contribution in [1.82, 2.24) is 9.97 Å². The van der Waals surface area contributed by atoms with E-state index in [1.807, 2.05) is 56.3 Å². The smallest absolute Gasteiger partial charge is 0.302 e. The van der Waals surface area contributed by atoms with E-state index in [4.69, 9.17) is 4.74 Å². The van der Waals surface area contributed by atoms with Crippen molar-refractivity contribution in [3.05, 3.63) is 94.1 Å². The Hall–Kier alpha value is -4.39. The number of carbonyl (C=O) groups excluding carboxylic acids is 2. The summed E-state index contributed by atoms with van der Waals surface area (Å²) >= 11 is 0. The van der Waals surface area contributed by atoms with Crippen molar-refractivity contribution >= 4 is 34.4 Å². The highest BCUT2D eigenvalue weighted by Gasteiger charge is 2.48. The molecule has 38 heavy (non-hydrogen) atoms. The minimum Gasteiger partial charge on any atom is -0.507 e. The monoisotopic (exact) mass is 509 g/mol. The van der Waals surface area contributed by atoms with E-state index in [1.54, 1.807) is 25.3 Å². The van der Waals surface area contributed by atoms with Crippen LogP contribution in [0.1, 0.15) is 54.6 Å². The summed E-state index contributed by atoms with van der Waals surface area (Å²) < 4.78 is 5.35. The third-order valence-electron chi connectivity index (χ3n) is 7.06. The molecule has 2 heterocycles. The summed E-state index contributed by atoms with van der Waals surface area (Å²) in [5, 5.41) is 11.5. The van der Waals surface area contributed by atoms with Crippen LogP contribution in [0.2, 0.25) is 0 Å². The number of nitrogens with zero attached hydrogens (tertiary/aromatic N) is 2. The fourth-order valence-electron chi connectivity index (χ4n) is 4.94. The zero-order valence-electron chi connectivity index (χ0n) is 22.4. The number of nitrogens with one attached hydrogen (secondary N) is 1. The molecule has 4 aromatic rings. The molecule has 5 rings (SSSR count). The number of aryl methyl sites for hydroxylation is 2. The maximum Gasteiger partial charge on any atom is 0.302 e. The van der Waals surface area contributed by atoms with Crippen molar-refractivity contribution in [3.63, 3.8) is 0 Å². The van der Waals surface area contributed by atoms with Gasteiger partial charge in [-0.3, -0.25) is 14.5 Å². The van der Waals surface area contributed by atoms with Gasteiger partial charge in [-0.15, -0.1) is 0 Å². The van der Waals surface area contributed by atoms with E-state index in [2.05, 4.69) is 30.7 Å². The number of amides is 1. The number of ketones is 1. The third-order valence-corrected chi connectivity index (χ3v) is 7.06. The van der Waals surface area contributed by atoms with Gasteiger partial charge in [-0.1, -0.05) is 51.1 Å². The first kappa shape index (κ1) is 25.3. The van der Waals surface area contributed by atoms with Crippen molar-refractivity contribution in [2.24, 2.45) is 0 Å². The number of methoxy groups -OCH3 is 1. The highest BCUT2D eigenvalue weighted by atomic mass is 16.5. The van der Waals surface area contributed by atoms with Crippen LogP contribution in [-0.2, 0) is 15.0 Å². The minimum absolute atomic E-state index is 0.0136. The molecule has 1 amide bonds. The van der Waals surface area contributed by atoms with Crippen LogP contribution in [0, 0.1) is 13.8 Å². The van der Waals surface area contributed by atoms with Gasteiger partial charge in [-0.05, 0) is 71.8 Å². The number of aliphatic hydroxyl groups is 1. The van der Waals surface area contributed by atoms with Gasteiger partial charge in [0.25, 0.3) is 5.78 Å². The molecule has 0 radical (unpaired) electrons. The molecule has 0 spiro atoms. The Morgan fingerprint density at radius 1 is 1.00 bits per heavy atom. The summed E-state index contributed by atoms with van der Waals surface area (Å²) in [6.07, 6.45) is 0. The van der Waals surface area contributed by atoms with Gasteiger partial charge in [0.05, 0.1) is 29.8 Å². The summed E-state index contributed by atoms with van der Waals surface area (Å²) in [5.41, 5.74) is 5.46. The van der Waals surface area contributed by atoms with Crippen molar-refractivity contribution in [2.75, 3.05) is 12.0 Å². The van der Waals surface area contributed by atoms with E-state index in [1.165, 1.54) is 4.90 Å². The maximum atomic E-state index is 13.5. The van der Waals surface area contributed by atoms with Crippen LogP contribution in [-0.4, -0.2) is 33.9 Å². The van der Waals surface area contributed by atoms with Crippen LogP contribution in [0.3, 0.4) is 0 Å². The average Bonchev–Trinajstić information content (AvgIpc) is 3.40. The Morgan fingerprint density at radius 3 is 2.34 bits per heavy atom. The van der Waals surface area contributed by atoms with Crippen molar-refractivity contribution < 1.29 is 19.4 Å². The second-order valence-corrected chi connectivity index (χ2v) is 10.8. The van der Waals surface area contributed by atoms with Crippen molar-refractivity contribution in [1.29, 1.82) is 0 Å². The molecule has 1 aliphatic heterocycles. The van der Waals surface area contributed by atoms with E-state index < -0.39 is 17.7 Å². The van der Waals surface area contributed by atoms with E-state index in [-0.39, 0.29) is 22.7 Å². The summed E-state index contributed by atoms with van der Waals surface area (Å²) in [7, 11) is 1.57. The molecule has 0 bridgehead atoms. The Labute approximate surface area is 221 Å². The predicted molar refractivity (Wildman–Crippen MR) is 148 cm³/mol. The first-order chi connectivity index (χ1) is 18.0. The lowest BCUT2D eigenvalue weighted by molar-refractivity contribution is -0.132. The van der Waals surface area contributed by atoms with Crippen LogP contribution >= 0.6 is 0 Å². The molecule has 1 unspecified atom stereocenters. The number of hydrogen-bond donors (Lipinski definition) is 2. The van der Waals surface area contributed by atoms with Crippen LogP contribution in [0.15, 0.2) is 66.2 Å². The first-order valence-corrected chi connectivity index (χ1v) is 12.5.